The van der Waals surface area contributed by atoms with E-state index in [4.69, 9.17) is 27.9 Å². The summed E-state index contributed by atoms with van der Waals surface area (Å²) in [6, 6.07) is 11.4. The van der Waals surface area contributed by atoms with Crippen molar-refractivity contribution >= 4 is 50.9 Å². The van der Waals surface area contributed by atoms with Gasteiger partial charge in [0, 0.05) is 14.5 Å². The van der Waals surface area contributed by atoms with Crippen LogP contribution in [-0.4, -0.2) is 18.4 Å². The topological polar surface area (TPSA) is 67.4 Å². The second-order valence-electron chi connectivity index (χ2n) is 4.38. The molecule has 0 fully saturated rings. The van der Waals surface area contributed by atoms with Crippen molar-refractivity contribution in [2.45, 2.75) is 0 Å². The number of carbonyl (C=O) groups is 2. The second-order valence-corrected chi connectivity index (χ2v) is 6.10. The molecule has 23 heavy (non-hydrogen) atoms. The molecule has 2 rings (SSSR count). The molecule has 0 bridgehead atoms. The highest BCUT2D eigenvalue weighted by atomic mass is 79.9. The van der Waals surface area contributed by atoms with Gasteiger partial charge in [-0.25, -0.2) is 0 Å². The third-order valence-electron chi connectivity index (χ3n) is 2.64. The lowest BCUT2D eigenvalue weighted by atomic mass is 10.2. The van der Waals surface area contributed by atoms with Crippen LogP contribution in [-0.2, 0) is 4.79 Å². The maximum absolute atomic E-state index is 11.9. The molecule has 0 unspecified atom stereocenters. The zero-order valence-electron chi connectivity index (χ0n) is 11.6. The van der Waals surface area contributed by atoms with Crippen LogP contribution in [0.4, 0.5) is 0 Å². The predicted octanol–water partition coefficient (Wildman–Crippen LogP) is 3.60. The van der Waals surface area contributed by atoms with E-state index in [2.05, 4.69) is 26.8 Å². The Hall–Kier alpha value is -1.76. The second kappa shape index (κ2) is 8.19. The van der Waals surface area contributed by atoms with Crippen molar-refractivity contribution in [3.8, 4) is 5.75 Å². The highest BCUT2D eigenvalue weighted by Crippen LogP contribution is 2.24. The van der Waals surface area contributed by atoms with Crippen LogP contribution in [0.5, 0.6) is 5.75 Å². The first-order valence-corrected chi connectivity index (χ1v) is 7.93. The van der Waals surface area contributed by atoms with E-state index in [1.165, 1.54) is 12.1 Å². The van der Waals surface area contributed by atoms with Gasteiger partial charge < -0.3 is 4.74 Å². The Morgan fingerprint density at radius 1 is 1.04 bits per heavy atom. The highest BCUT2D eigenvalue weighted by molar-refractivity contribution is 9.10. The summed E-state index contributed by atoms with van der Waals surface area (Å²) in [6.07, 6.45) is 0. The molecule has 0 aliphatic rings. The molecule has 0 saturated carbocycles. The largest absolute Gasteiger partial charge is 0.484 e. The van der Waals surface area contributed by atoms with Crippen LogP contribution >= 0.6 is 39.1 Å². The highest BCUT2D eigenvalue weighted by Gasteiger charge is 2.10. The minimum atomic E-state index is -0.526. The Bertz CT molecular complexity index is 720. The monoisotopic (exact) mass is 416 g/mol. The van der Waals surface area contributed by atoms with Gasteiger partial charge >= 0.3 is 0 Å². The number of amides is 2. The number of nitrogens with one attached hydrogen (secondary N) is 2. The van der Waals surface area contributed by atoms with Crippen LogP contribution in [0.2, 0.25) is 10.0 Å². The fourth-order valence-corrected chi connectivity index (χ4v) is 2.61. The van der Waals surface area contributed by atoms with Gasteiger partial charge in [0.25, 0.3) is 11.8 Å². The maximum atomic E-state index is 11.9. The minimum Gasteiger partial charge on any atom is -0.484 e. The minimum absolute atomic E-state index is 0.299. The van der Waals surface area contributed by atoms with Crippen LogP contribution < -0.4 is 15.6 Å². The lowest BCUT2D eigenvalue weighted by Crippen LogP contribution is -2.43. The predicted molar refractivity (Wildman–Crippen MR) is 91.7 cm³/mol. The number of rotatable bonds is 4. The lowest BCUT2D eigenvalue weighted by molar-refractivity contribution is -0.123. The third-order valence-corrected chi connectivity index (χ3v) is 3.77. The normalized spacial score (nSPS) is 10.0. The number of halogens is 3. The molecule has 2 N–H and O–H groups in total. The molecule has 2 amide bonds. The van der Waals surface area contributed by atoms with E-state index in [-0.39, 0.29) is 6.61 Å². The average molecular weight is 418 g/mol. The van der Waals surface area contributed by atoms with Gasteiger partial charge in [-0.2, -0.15) is 0 Å². The average Bonchev–Trinajstić information content (AvgIpc) is 2.50. The molecule has 8 heteroatoms. The summed E-state index contributed by atoms with van der Waals surface area (Å²) in [5.74, 6) is -0.618. The van der Waals surface area contributed by atoms with E-state index in [9.17, 15) is 9.59 Å². The number of benzene rings is 2. The van der Waals surface area contributed by atoms with Crippen molar-refractivity contribution in [3.05, 3.63) is 62.5 Å². The molecule has 2 aromatic rings. The summed E-state index contributed by atoms with van der Waals surface area (Å²) in [6.45, 7) is -0.299. The van der Waals surface area contributed by atoms with Crippen molar-refractivity contribution < 1.29 is 14.3 Å². The Kier molecular flexibility index (Phi) is 6.27. The molecule has 0 saturated heterocycles. The molecule has 5 nitrogen and oxygen atoms in total. The van der Waals surface area contributed by atoms with Gasteiger partial charge in [0.2, 0.25) is 0 Å². The number of hydrogen-bond acceptors (Lipinski definition) is 3. The Labute approximate surface area is 151 Å². The first-order chi connectivity index (χ1) is 11.0. The summed E-state index contributed by atoms with van der Waals surface area (Å²) < 4.78 is 5.87. The summed E-state index contributed by atoms with van der Waals surface area (Å²) in [7, 11) is 0. The molecular weight excluding hydrogens is 407 g/mol. The van der Waals surface area contributed by atoms with Crippen molar-refractivity contribution in [1.29, 1.82) is 0 Å². The Morgan fingerprint density at radius 2 is 1.70 bits per heavy atom. The molecule has 120 valence electrons. The van der Waals surface area contributed by atoms with Gasteiger partial charge in [0.05, 0.1) is 5.56 Å². The zero-order valence-corrected chi connectivity index (χ0v) is 14.7. The Morgan fingerprint density at radius 3 is 2.35 bits per heavy atom. The summed E-state index contributed by atoms with van der Waals surface area (Å²) >= 11 is 14.9. The molecule has 0 aliphatic carbocycles. The standard InChI is InChI=1S/C15H11BrCl2N2O3/c16-13-4-2-1-3-12(13)15(22)20-19-14(21)8-23-11-6-9(17)5-10(18)7-11/h1-7H,8H2,(H,19,21)(H,20,22). The number of carbonyl (C=O) groups excluding carboxylic acids is 2. The third kappa shape index (κ3) is 5.42. The van der Waals surface area contributed by atoms with E-state index in [0.717, 1.165) is 0 Å². The van der Waals surface area contributed by atoms with E-state index < -0.39 is 11.8 Å². The lowest BCUT2D eigenvalue weighted by Gasteiger charge is -2.10. The van der Waals surface area contributed by atoms with Gasteiger partial charge in [-0.05, 0) is 46.3 Å². The molecule has 0 aliphatic heterocycles. The molecule has 0 heterocycles. The molecule has 0 atom stereocenters. The van der Waals surface area contributed by atoms with Gasteiger partial charge in [0.15, 0.2) is 6.61 Å². The van der Waals surface area contributed by atoms with Gasteiger partial charge in [0.1, 0.15) is 5.75 Å². The van der Waals surface area contributed by atoms with Gasteiger partial charge in [-0.1, -0.05) is 35.3 Å². The summed E-state index contributed by atoms with van der Waals surface area (Å²) in [5.41, 5.74) is 4.95. The molecular formula is C15H11BrCl2N2O3. The van der Waals surface area contributed by atoms with Gasteiger partial charge in [-0.3, -0.25) is 20.4 Å². The number of ether oxygens (including phenoxy) is 1. The smallest absolute Gasteiger partial charge is 0.276 e. The molecule has 2 aromatic carbocycles. The van der Waals surface area contributed by atoms with Crippen LogP contribution in [0.15, 0.2) is 46.9 Å². The quantitative estimate of drug-likeness (QED) is 0.747. The zero-order chi connectivity index (χ0) is 16.8. The maximum Gasteiger partial charge on any atom is 0.276 e. The first kappa shape index (κ1) is 17.6. The summed E-state index contributed by atoms with van der Waals surface area (Å²) in [4.78, 5) is 23.6. The number of hydrazine groups is 1. The SMILES string of the molecule is O=C(COc1cc(Cl)cc(Cl)c1)NNC(=O)c1ccccc1Br. The molecule has 0 radical (unpaired) electrons. The van der Waals surface area contributed by atoms with Crippen molar-refractivity contribution in [2.75, 3.05) is 6.61 Å². The van der Waals surface area contributed by atoms with Crippen LogP contribution in [0.3, 0.4) is 0 Å². The van der Waals surface area contributed by atoms with Gasteiger partial charge in [-0.15, -0.1) is 0 Å². The van der Waals surface area contributed by atoms with Crippen LogP contribution in [0.25, 0.3) is 0 Å². The van der Waals surface area contributed by atoms with Crippen molar-refractivity contribution in [3.63, 3.8) is 0 Å². The van der Waals surface area contributed by atoms with E-state index >= 15 is 0 Å². The van der Waals surface area contributed by atoms with E-state index in [1.54, 1.807) is 30.3 Å². The molecule has 0 spiro atoms. The fourth-order valence-electron chi connectivity index (χ4n) is 1.64. The van der Waals surface area contributed by atoms with Crippen LogP contribution in [0, 0.1) is 0 Å². The Balaban J connectivity index is 1.83. The van der Waals surface area contributed by atoms with E-state index in [1.807, 2.05) is 0 Å². The van der Waals surface area contributed by atoms with Crippen molar-refractivity contribution in [1.82, 2.24) is 10.9 Å². The molecule has 0 aromatic heterocycles. The van der Waals surface area contributed by atoms with E-state index in [0.29, 0.717) is 25.8 Å². The number of hydrogen-bond donors (Lipinski definition) is 2. The first-order valence-electron chi connectivity index (χ1n) is 6.38. The summed E-state index contributed by atoms with van der Waals surface area (Å²) in [5, 5.41) is 0.797. The van der Waals surface area contributed by atoms with Crippen LogP contribution in [0.1, 0.15) is 10.4 Å². The van der Waals surface area contributed by atoms with Crippen molar-refractivity contribution in [2.24, 2.45) is 0 Å². The fraction of sp³-hybridized carbons (Fsp3) is 0.0667.